The fourth-order valence-corrected chi connectivity index (χ4v) is 4.20. The molecule has 0 aliphatic carbocycles. The van der Waals surface area contributed by atoms with E-state index in [4.69, 9.17) is 0 Å². The predicted octanol–water partition coefficient (Wildman–Crippen LogP) is 2.73. The van der Waals surface area contributed by atoms with Crippen LogP contribution in [-0.2, 0) is 0 Å². The number of hydrogen-bond acceptors (Lipinski definition) is 7. The third kappa shape index (κ3) is 4.05. The van der Waals surface area contributed by atoms with Gasteiger partial charge in [0, 0.05) is 44.8 Å². The molecule has 1 amide bonds. The van der Waals surface area contributed by atoms with Gasteiger partial charge < -0.3 is 14.7 Å². The molecule has 2 aliphatic rings. The number of nitro benzene ring substituents is 1. The van der Waals surface area contributed by atoms with Crippen molar-refractivity contribution in [2.45, 2.75) is 32.2 Å². The summed E-state index contributed by atoms with van der Waals surface area (Å²) in [7, 11) is 0. The van der Waals surface area contributed by atoms with Crippen LogP contribution in [0.1, 0.15) is 36.5 Å². The first-order chi connectivity index (χ1) is 14.5. The zero-order valence-corrected chi connectivity index (χ0v) is 17.1. The molecule has 2 saturated heterocycles. The molecule has 0 spiro atoms. The molecule has 1 atom stereocenters. The van der Waals surface area contributed by atoms with Gasteiger partial charge in [0.15, 0.2) is 11.6 Å². The van der Waals surface area contributed by atoms with Gasteiger partial charge in [0.05, 0.1) is 4.92 Å². The molecule has 158 valence electrons. The molecule has 2 aromatic rings. The first-order valence-electron chi connectivity index (χ1n) is 10.4. The molecule has 2 aliphatic heterocycles. The summed E-state index contributed by atoms with van der Waals surface area (Å²) in [6.07, 6.45) is 3.63. The number of carbonyl (C=O) groups excluding carboxylic acids is 1. The summed E-state index contributed by atoms with van der Waals surface area (Å²) in [5, 5.41) is 20.1. The normalized spacial score (nSPS) is 19.6. The van der Waals surface area contributed by atoms with Crippen LogP contribution >= 0.6 is 0 Å². The van der Waals surface area contributed by atoms with Crippen molar-refractivity contribution >= 4 is 23.2 Å². The number of piperidine rings is 1. The third-order valence-electron chi connectivity index (χ3n) is 5.96. The van der Waals surface area contributed by atoms with Crippen LogP contribution in [0.15, 0.2) is 36.4 Å². The average molecular weight is 410 g/mol. The Bertz CT molecular complexity index is 911. The lowest BCUT2D eigenvalue weighted by atomic mass is 10.0. The summed E-state index contributed by atoms with van der Waals surface area (Å²) in [5.41, 5.74) is -0.0194. The molecule has 9 heteroatoms. The largest absolute Gasteiger partial charge is 0.352 e. The van der Waals surface area contributed by atoms with Gasteiger partial charge in [-0.3, -0.25) is 14.9 Å². The second kappa shape index (κ2) is 8.64. The molecule has 2 fully saturated rings. The first kappa shape index (κ1) is 20.1. The number of aromatic nitrogens is 2. The minimum Gasteiger partial charge on any atom is -0.352 e. The molecule has 3 heterocycles. The number of para-hydroxylation sites is 1. The Balaban J connectivity index is 1.39. The highest BCUT2D eigenvalue weighted by Gasteiger charge is 2.28. The summed E-state index contributed by atoms with van der Waals surface area (Å²) < 4.78 is 0. The van der Waals surface area contributed by atoms with Crippen LogP contribution in [0.4, 0.5) is 17.3 Å². The molecule has 4 rings (SSSR count). The number of amides is 1. The van der Waals surface area contributed by atoms with Crippen molar-refractivity contribution in [1.29, 1.82) is 0 Å². The van der Waals surface area contributed by atoms with Crippen LogP contribution in [-0.4, -0.2) is 64.7 Å². The lowest BCUT2D eigenvalue weighted by molar-refractivity contribution is -0.385. The van der Waals surface area contributed by atoms with Crippen LogP contribution in [0.2, 0.25) is 0 Å². The van der Waals surface area contributed by atoms with Gasteiger partial charge in [-0.1, -0.05) is 12.1 Å². The Hall–Kier alpha value is -3.23. The Morgan fingerprint density at radius 2 is 1.70 bits per heavy atom. The Kier molecular flexibility index (Phi) is 5.78. The molecule has 9 nitrogen and oxygen atoms in total. The summed E-state index contributed by atoms with van der Waals surface area (Å²) in [6.45, 7) is 5.43. The zero-order valence-electron chi connectivity index (χ0n) is 17.1. The maximum Gasteiger partial charge on any atom is 0.282 e. The fourth-order valence-electron chi connectivity index (χ4n) is 4.20. The molecule has 30 heavy (non-hydrogen) atoms. The highest BCUT2D eigenvalue weighted by atomic mass is 16.6. The molecule has 1 aromatic carbocycles. The molecule has 1 unspecified atom stereocenters. The van der Waals surface area contributed by atoms with Crippen molar-refractivity contribution in [3.63, 3.8) is 0 Å². The second-order valence-electron chi connectivity index (χ2n) is 7.84. The van der Waals surface area contributed by atoms with E-state index in [2.05, 4.69) is 26.9 Å². The minimum absolute atomic E-state index is 0.135. The molecule has 0 radical (unpaired) electrons. The maximum absolute atomic E-state index is 12.8. The Morgan fingerprint density at radius 3 is 2.37 bits per heavy atom. The van der Waals surface area contributed by atoms with Crippen molar-refractivity contribution in [3.8, 4) is 0 Å². The van der Waals surface area contributed by atoms with Gasteiger partial charge in [-0.2, -0.15) is 0 Å². The van der Waals surface area contributed by atoms with E-state index in [1.54, 1.807) is 17.0 Å². The molecule has 0 N–H and O–H groups in total. The average Bonchev–Trinajstić information content (AvgIpc) is 2.79. The summed E-state index contributed by atoms with van der Waals surface area (Å²) in [4.78, 5) is 29.6. The van der Waals surface area contributed by atoms with E-state index >= 15 is 0 Å². The smallest absolute Gasteiger partial charge is 0.282 e. The SMILES string of the molecule is CC1CCCCN1c1ccc(N2CCN(C(=O)c3ccccc3[N+](=O)[O-])CC2)nn1. The predicted molar refractivity (Wildman–Crippen MR) is 114 cm³/mol. The van der Waals surface area contributed by atoms with Crippen LogP contribution in [0.3, 0.4) is 0 Å². The van der Waals surface area contributed by atoms with Crippen molar-refractivity contribution in [1.82, 2.24) is 15.1 Å². The van der Waals surface area contributed by atoms with E-state index in [1.807, 2.05) is 12.1 Å². The number of nitrogens with zero attached hydrogens (tertiary/aromatic N) is 6. The Morgan fingerprint density at radius 1 is 1.00 bits per heavy atom. The molecule has 0 bridgehead atoms. The zero-order chi connectivity index (χ0) is 21.1. The van der Waals surface area contributed by atoms with E-state index in [9.17, 15) is 14.9 Å². The van der Waals surface area contributed by atoms with E-state index in [0.29, 0.717) is 32.2 Å². The quantitative estimate of drug-likeness (QED) is 0.565. The summed E-state index contributed by atoms with van der Waals surface area (Å²) in [6, 6.07) is 10.6. The van der Waals surface area contributed by atoms with E-state index in [1.165, 1.54) is 31.4 Å². The van der Waals surface area contributed by atoms with Crippen molar-refractivity contribution in [2.24, 2.45) is 0 Å². The van der Waals surface area contributed by atoms with Gasteiger partial charge in [-0.25, -0.2) is 0 Å². The van der Waals surface area contributed by atoms with E-state index < -0.39 is 4.92 Å². The van der Waals surface area contributed by atoms with Gasteiger partial charge in [0.1, 0.15) is 5.56 Å². The third-order valence-corrected chi connectivity index (χ3v) is 5.96. The first-order valence-corrected chi connectivity index (χ1v) is 10.4. The van der Waals surface area contributed by atoms with Crippen LogP contribution < -0.4 is 9.80 Å². The highest BCUT2D eigenvalue weighted by molar-refractivity contribution is 5.98. The van der Waals surface area contributed by atoms with E-state index in [0.717, 1.165) is 18.2 Å². The topological polar surface area (TPSA) is 95.7 Å². The van der Waals surface area contributed by atoms with Crippen LogP contribution in [0, 0.1) is 10.1 Å². The fraction of sp³-hybridized carbons (Fsp3) is 0.476. The summed E-state index contributed by atoms with van der Waals surface area (Å²) in [5.74, 6) is 1.40. The van der Waals surface area contributed by atoms with E-state index in [-0.39, 0.29) is 17.2 Å². The molecule has 0 saturated carbocycles. The molecule has 1 aromatic heterocycles. The van der Waals surface area contributed by atoms with Gasteiger partial charge >= 0.3 is 0 Å². The highest BCUT2D eigenvalue weighted by Crippen LogP contribution is 2.24. The minimum atomic E-state index is -0.510. The lowest BCUT2D eigenvalue weighted by Crippen LogP contribution is -2.49. The Labute approximate surface area is 175 Å². The number of hydrogen-bond donors (Lipinski definition) is 0. The van der Waals surface area contributed by atoms with Gasteiger partial charge in [-0.05, 0) is 44.4 Å². The standard InChI is InChI=1S/C21H26N6O3/c1-16-6-4-5-11-26(16)20-10-9-19(22-23-20)24-12-14-25(15-13-24)21(28)17-7-2-3-8-18(17)27(29)30/h2-3,7-10,16H,4-6,11-15H2,1H3. The lowest BCUT2D eigenvalue weighted by Gasteiger charge is -2.36. The monoisotopic (exact) mass is 410 g/mol. The van der Waals surface area contributed by atoms with Crippen molar-refractivity contribution in [2.75, 3.05) is 42.5 Å². The number of rotatable bonds is 4. The molecular weight excluding hydrogens is 384 g/mol. The summed E-state index contributed by atoms with van der Waals surface area (Å²) >= 11 is 0. The van der Waals surface area contributed by atoms with Crippen LogP contribution in [0.5, 0.6) is 0 Å². The van der Waals surface area contributed by atoms with Gasteiger partial charge in [-0.15, -0.1) is 10.2 Å². The second-order valence-corrected chi connectivity index (χ2v) is 7.84. The van der Waals surface area contributed by atoms with Crippen molar-refractivity contribution < 1.29 is 9.72 Å². The van der Waals surface area contributed by atoms with Gasteiger partial charge in [0.2, 0.25) is 0 Å². The number of nitro groups is 1. The van der Waals surface area contributed by atoms with Gasteiger partial charge in [0.25, 0.3) is 11.6 Å². The van der Waals surface area contributed by atoms with Crippen LogP contribution in [0.25, 0.3) is 0 Å². The maximum atomic E-state index is 12.8. The van der Waals surface area contributed by atoms with Crippen molar-refractivity contribution in [3.05, 3.63) is 52.1 Å². The number of piperazine rings is 1. The molecular formula is C21H26N6O3. The number of carbonyl (C=O) groups is 1. The number of benzene rings is 1. The number of anilines is 2.